The lowest BCUT2D eigenvalue weighted by atomic mass is 10.1. The first-order chi connectivity index (χ1) is 9.96. The van der Waals surface area contributed by atoms with Crippen molar-refractivity contribution < 1.29 is 8.42 Å². The molecule has 1 aliphatic heterocycles. The van der Waals surface area contributed by atoms with Crippen molar-refractivity contribution in [3.8, 4) is 11.8 Å². The fourth-order valence-corrected chi connectivity index (χ4v) is 4.50. The van der Waals surface area contributed by atoms with Crippen molar-refractivity contribution in [2.45, 2.75) is 44.0 Å². The van der Waals surface area contributed by atoms with Crippen LogP contribution >= 0.6 is 0 Å². The zero-order valence-corrected chi connectivity index (χ0v) is 13.4. The second-order valence-electron chi connectivity index (χ2n) is 5.47. The van der Waals surface area contributed by atoms with Crippen LogP contribution in [0, 0.1) is 18.8 Å². The molecular weight excluding hydrogens is 284 g/mol. The van der Waals surface area contributed by atoms with E-state index in [0.717, 1.165) is 24.8 Å². The average molecular weight is 306 g/mol. The van der Waals surface area contributed by atoms with E-state index in [4.69, 9.17) is 5.73 Å². The van der Waals surface area contributed by atoms with Crippen LogP contribution in [0.4, 0.5) is 0 Å². The van der Waals surface area contributed by atoms with Gasteiger partial charge in [0.25, 0.3) is 0 Å². The third-order valence-electron chi connectivity index (χ3n) is 3.79. The van der Waals surface area contributed by atoms with Crippen molar-refractivity contribution in [3.63, 3.8) is 0 Å². The molecule has 1 fully saturated rings. The van der Waals surface area contributed by atoms with Crippen molar-refractivity contribution in [2.75, 3.05) is 13.1 Å². The standard InChI is InChI=1S/C16H22N2O2S/c1-13-8-9-16(15(12-13)7-5-10-17)21(19,20)18-11-4-3-6-14(18)2/h8-9,12,14H,3-4,6,10-11,17H2,1-2H3. The van der Waals surface area contributed by atoms with E-state index >= 15 is 0 Å². The van der Waals surface area contributed by atoms with E-state index in [2.05, 4.69) is 11.8 Å². The Bertz CT molecular complexity index is 671. The topological polar surface area (TPSA) is 63.4 Å². The second-order valence-corrected chi connectivity index (χ2v) is 7.33. The highest BCUT2D eigenvalue weighted by molar-refractivity contribution is 7.89. The molecule has 114 valence electrons. The fourth-order valence-electron chi connectivity index (χ4n) is 2.67. The van der Waals surface area contributed by atoms with Gasteiger partial charge >= 0.3 is 0 Å². The molecule has 0 aliphatic carbocycles. The summed E-state index contributed by atoms with van der Waals surface area (Å²) in [4.78, 5) is 0.294. The first-order valence-corrected chi connectivity index (χ1v) is 8.72. The molecule has 0 radical (unpaired) electrons. The molecule has 2 N–H and O–H groups in total. The second kappa shape index (κ2) is 6.61. The molecule has 2 rings (SSSR count). The van der Waals surface area contributed by atoms with Crippen LogP contribution in [0.5, 0.6) is 0 Å². The maximum atomic E-state index is 12.9. The molecule has 0 amide bonds. The van der Waals surface area contributed by atoms with Crippen molar-refractivity contribution in [1.29, 1.82) is 0 Å². The highest BCUT2D eigenvalue weighted by Crippen LogP contribution is 2.27. The lowest BCUT2D eigenvalue weighted by Crippen LogP contribution is -2.42. The van der Waals surface area contributed by atoms with E-state index < -0.39 is 10.0 Å². The molecule has 0 aromatic heterocycles. The fraction of sp³-hybridized carbons (Fsp3) is 0.500. The van der Waals surface area contributed by atoms with E-state index in [1.54, 1.807) is 10.4 Å². The smallest absolute Gasteiger partial charge is 0.244 e. The van der Waals surface area contributed by atoms with Gasteiger partial charge in [-0.1, -0.05) is 24.3 Å². The van der Waals surface area contributed by atoms with Gasteiger partial charge in [0.2, 0.25) is 10.0 Å². The number of aryl methyl sites for hydroxylation is 1. The van der Waals surface area contributed by atoms with Gasteiger partial charge in [-0.05, 0) is 44.4 Å². The Morgan fingerprint density at radius 3 is 2.81 bits per heavy atom. The molecule has 0 saturated carbocycles. The Morgan fingerprint density at radius 1 is 1.38 bits per heavy atom. The van der Waals surface area contributed by atoms with Gasteiger partial charge in [-0.2, -0.15) is 4.31 Å². The summed E-state index contributed by atoms with van der Waals surface area (Å²) in [5.74, 6) is 5.65. The summed E-state index contributed by atoms with van der Waals surface area (Å²) in [6.45, 7) is 4.69. The Balaban J connectivity index is 2.49. The van der Waals surface area contributed by atoms with Crippen LogP contribution in [0.2, 0.25) is 0 Å². The number of sulfonamides is 1. The molecule has 1 unspecified atom stereocenters. The van der Waals surface area contributed by atoms with Crippen molar-refractivity contribution in [1.82, 2.24) is 4.31 Å². The molecule has 1 aliphatic rings. The van der Waals surface area contributed by atoms with Gasteiger partial charge in [0, 0.05) is 18.2 Å². The number of hydrogen-bond donors (Lipinski definition) is 1. The zero-order chi connectivity index (χ0) is 15.5. The third kappa shape index (κ3) is 3.46. The Morgan fingerprint density at radius 2 is 2.14 bits per heavy atom. The minimum absolute atomic E-state index is 0.0420. The summed E-state index contributed by atoms with van der Waals surface area (Å²) in [5, 5.41) is 0. The summed E-state index contributed by atoms with van der Waals surface area (Å²) in [6, 6.07) is 5.33. The van der Waals surface area contributed by atoms with Crippen LogP contribution in [0.15, 0.2) is 23.1 Å². The highest BCUT2D eigenvalue weighted by Gasteiger charge is 2.32. The zero-order valence-electron chi connectivity index (χ0n) is 12.6. The van der Waals surface area contributed by atoms with E-state index in [0.29, 0.717) is 17.0 Å². The van der Waals surface area contributed by atoms with E-state index in [-0.39, 0.29) is 12.6 Å². The molecule has 0 spiro atoms. The van der Waals surface area contributed by atoms with E-state index in [9.17, 15) is 8.42 Å². The van der Waals surface area contributed by atoms with Crippen LogP contribution in [0.3, 0.4) is 0 Å². The van der Waals surface area contributed by atoms with Crippen molar-refractivity contribution >= 4 is 10.0 Å². The first-order valence-electron chi connectivity index (χ1n) is 7.28. The minimum Gasteiger partial charge on any atom is -0.320 e. The van der Waals surface area contributed by atoms with Crippen LogP contribution in [-0.4, -0.2) is 31.9 Å². The summed E-state index contributed by atoms with van der Waals surface area (Å²) in [7, 11) is -3.50. The Hall–Kier alpha value is -1.35. The van der Waals surface area contributed by atoms with Gasteiger partial charge < -0.3 is 5.73 Å². The molecule has 1 atom stereocenters. The Labute approximate surface area is 127 Å². The number of hydrogen-bond acceptors (Lipinski definition) is 3. The summed E-state index contributed by atoms with van der Waals surface area (Å²) in [6.07, 6.45) is 2.91. The molecule has 5 heteroatoms. The normalized spacial score (nSPS) is 19.9. The van der Waals surface area contributed by atoms with Gasteiger partial charge in [0.05, 0.1) is 11.4 Å². The lowest BCUT2D eigenvalue weighted by molar-refractivity contribution is 0.268. The predicted molar refractivity (Wildman–Crippen MR) is 84.3 cm³/mol. The van der Waals surface area contributed by atoms with Crippen molar-refractivity contribution in [3.05, 3.63) is 29.3 Å². The number of nitrogens with zero attached hydrogens (tertiary/aromatic N) is 1. The van der Waals surface area contributed by atoms with Crippen molar-refractivity contribution in [2.24, 2.45) is 5.73 Å². The van der Waals surface area contributed by atoms with Crippen LogP contribution in [-0.2, 0) is 10.0 Å². The number of nitrogens with two attached hydrogens (primary N) is 1. The quantitative estimate of drug-likeness (QED) is 0.848. The Kier molecular flexibility index (Phi) is 5.04. The summed E-state index contributed by atoms with van der Waals surface area (Å²) < 4.78 is 27.4. The third-order valence-corrected chi connectivity index (χ3v) is 5.86. The van der Waals surface area contributed by atoms with E-state index in [1.807, 2.05) is 26.0 Å². The maximum Gasteiger partial charge on any atom is 0.244 e. The van der Waals surface area contributed by atoms with Crippen LogP contribution < -0.4 is 5.73 Å². The van der Waals surface area contributed by atoms with Gasteiger partial charge in [-0.15, -0.1) is 0 Å². The summed E-state index contributed by atoms with van der Waals surface area (Å²) >= 11 is 0. The number of benzene rings is 1. The van der Waals surface area contributed by atoms with Crippen LogP contribution in [0.1, 0.15) is 37.3 Å². The van der Waals surface area contributed by atoms with Gasteiger partial charge in [-0.3, -0.25) is 0 Å². The van der Waals surface area contributed by atoms with Gasteiger partial charge in [0.1, 0.15) is 0 Å². The molecule has 1 heterocycles. The van der Waals surface area contributed by atoms with E-state index in [1.165, 1.54) is 0 Å². The summed E-state index contributed by atoms with van der Waals surface area (Å²) in [5.41, 5.74) is 6.93. The predicted octanol–water partition coefficient (Wildman–Crippen LogP) is 1.87. The van der Waals surface area contributed by atoms with Gasteiger partial charge in [-0.25, -0.2) is 8.42 Å². The number of piperidine rings is 1. The number of rotatable bonds is 2. The molecule has 1 aromatic carbocycles. The SMILES string of the molecule is Cc1ccc(S(=O)(=O)N2CCCCC2C)c(C#CCN)c1. The molecule has 0 bridgehead atoms. The maximum absolute atomic E-state index is 12.9. The lowest BCUT2D eigenvalue weighted by Gasteiger charge is -2.32. The van der Waals surface area contributed by atoms with Gasteiger partial charge in [0.15, 0.2) is 0 Å². The first kappa shape index (κ1) is 16.0. The van der Waals surface area contributed by atoms with Crippen LogP contribution in [0.25, 0.3) is 0 Å². The highest BCUT2D eigenvalue weighted by atomic mass is 32.2. The monoisotopic (exact) mass is 306 g/mol. The minimum atomic E-state index is -3.50. The average Bonchev–Trinajstić information content (AvgIpc) is 2.45. The molecular formula is C16H22N2O2S. The molecule has 4 nitrogen and oxygen atoms in total. The molecule has 1 aromatic rings. The largest absolute Gasteiger partial charge is 0.320 e. The molecule has 21 heavy (non-hydrogen) atoms. The molecule has 1 saturated heterocycles.